The summed E-state index contributed by atoms with van der Waals surface area (Å²) in [6.45, 7) is 4.38. The van der Waals surface area contributed by atoms with Crippen LogP contribution in [0.3, 0.4) is 0 Å². The van der Waals surface area contributed by atoms with Gasteiger partial charge in [0.25, 0.3) is 0 Å². The van der Waals surface area contributed by atoms with Crippen molar-refractivity contribution in [1.82, 2.24) is 10.6 Å². The lowest BCUT2D eigenvalue weighted by Gasteiger charge is -2.18. The number of hydrogen-bond donors (Lipinski definition) is 3. The fourth-order valence-electron chi connectivity index (χ4n) is 1.37. The number of hydrogen-bond acceptors (Lipinski definition) is 4. The minimum absolute atomic E-state index is 0. The number of carbonyl (C=O) groups excluding carboxylic acids is 1. The van der Waals surface area contributed by atoms with E-state index >= 15 is 0 Å². The topological polar surface area (TPSA) is 61.4 Å². The van der Waals surface area contributed by atoms with Crippen LogP contribution in [0, 0.1) is 5.92 Å². The number of amides is 1. The van der Waals surface area contributed by atoms with Gasteiger partial charge in [0.2, 0.25) is 5.91 Å². The maximum absolute atomic E-state index is 11.6. The van der Waals surface area contributed by atoms with E-state index < -0.39 is 6.10 Å². The Morgan fingerprint density at radius 2 is 2.38 bits per heavy atom. The summed E-state index contributed by atoms with van der Waals surface area (Å²) in [6.07, 6.45) is 0.488. The summed E-state index contributed by atoms with van der Waals surface area (Å²) in [5, 5.41) is 15.5. The predicted molar refractivity (Wildman–Crippen MR) is 70.0 cm³/mol. The van der Waals surface area contributed by atoms with Crippen molar-refractivity contribution in [2.24, 2.45) is 5.92 Å². The number of carbonyl (C=O) groups is 1. The molecule has 16 heavy (non-hydrogen) atoms. The van der Waals surface area contributed by atoms with Crippen LogP contribution in [0.25, 0.3) is 0 Å². The summed E-state index contributed by atoms with van der Waals surface area (Å²) in [7, 11) is 0. The molecule has 0 bridgehead atoms. The monoisotopic (exact) mass is 268 g/mol. The molecule has 0 aromatic rings. The summed E-state index contributed by atoms with van der Waals surface area (Å²) in [4.78, 5) is 11.6. The zero-order chi connectivity index (χ0) is 11.3. The molecule has 0 aliphatic carbocycles. The highest BCUT2D eigenvalue weighted by atomic mass is 35.5. The van der Waals surface area contributed by atoms with E-state index in [0.29, 0.717) is 6.54 Å². The predicted octanol–water partition coefficient (Wildman–Crippen LogP) is 0.594. The molecule has 0 spiro atoms. The van der Waals surface area contributed by atoms with E-state index in [0.717, 1.165) is 18.1 Å². The Hall–Kier alpha value is 0.0300. The second-order valence-corrected chi connectivity index (χ2v) is 5.00. The molecule has 1 heterocycles. The molecular formula is C10H21ClN2O2S. The fourth-order valence-corrected chi connectivity index (χ4v) is 2.31. The molecule has 1 saturated heterocycles. The molecule has 1 amide bonds. The lowest BCUT2D eigenvalue weighted by molar-refractivity contribution is -0.123. The van der Waals surface area contributed by atoms with Crippen molar-refractivity contribution in [3.63, 3.8) is 0 Å². The third-order valence-electron chi connectivity index (χ3n) is 2.82. The van der Waals surface area contributed by atoms with Gasteiger partial charge in [0.15, 0.2) is 0 Å². The third-order valence-corrected chi connectivity index (χ3v) is 3.76. The van der Waals surface area contributed by atoms with Crippen LogP contribution in [0.2, 0.25) is 0 Å². The Morgan fingerprint density at radius 1 is 1.69 bits per heavy atom. The molecule has 0 aromatic heterocycles. The molecule has 0 saturated carbocycles. The number of thioether (sulfide) groups is 1. The molecule has 1 fully saturated rings. The van der Waals surface area contributed by atoms with Gasteiger partial charge in [0, 0.05) is 18.2 Å². The first-order chi connectivity index (χ1) is 7.15. The average Bonchev–Trinajstić information content (AvgIpc) is 2.77. The van der Waals surface area contributed by atoms with Crippen molar-refractivity contribution < 1.29 is 9.90 Å². The Morgan fingerprint density at radius 3 is 2.88 bits per heavy atom. The molecule has 6 heteroatoms. The Balaban J connectivity index is 0.00000225. The van der Waals surface area contributed by atoms with Crippen LogP contribution in [0.1, 0.15) is 20.3 Å². The smallest absolute Gasteiger partial charge is 0.238 e. The molecule has 96 valence electrons. The summed E-state index contributed by atoms with van der Waals surface area (Å²) in [5.41, 5.74) is 0. The quantitative estimate of drug-likeness (QED) is 0.683. The Labute approximate surface area is 107 Å². The first-order valence-corrected chi connectivity index (χ1v) is 6.57. The zero-order valence-electron chi connectivity index (χ0n) is 9.73. The van der Waals surface area contributed by atoms with E-state index in [2.05, 4.69) is 10.6 Å². The molecule has 3 N–H and O–H groups in total. The van der Waals surface area contributed by atoms with Gasteiger partial charge in [-0.05, 0) is 5.92 Å². The summed E-state index contributed by atoms with van der Waals surface area (Å²) >= 11 is 1.72. The van der Waals surface area contributed by atoms with Crippen LogP contribution >= 0.6 is 24.2 Å². The third kappa shape index (κ3) is 4.91. The van der Waals surface area contributed by atoms with Crippen molar-refractivity contribution >= 4 is 30.1 Å². The highest BCUT2D eigenvalue weighted by Crippen LogP contribution is 2.10. The molecule has 1 aliphatic heterocycles. The van der Waals surface area contributed by atoms with Crippen molar-refractivity contribution in [2.45, 2.75) is 32.4 Å². The molecule has 3 atom stereocenters. The van der Waals surface area contributed by atoms with Gasteiger partial charge >= 0.3 is 0 Å². The van der Waals surface area contributed by atoms with Gasteiger partial charge in [0.05, 0.1) is 12.1 Å². The largest absolute Gasteiger partial charge is 0.391 e. The van der Waals surface area contributed by atoms with E-state index in [9.17, 15) is 9.90 Å². The number of rotatable bonds is 5. The van der Waals surface area contributed by atoms with Crippen molar-refractivity contribution in [1.29, 1.82) is 0 Å². The first-order valence-electron chi connectivity index (χ1n) is 5.42. The highest BCUT2D eigenvalue weighted by Gasteiger charge is 2.23. The molecule has 1 rings (SSSR count). The minimum Gasteiger partial charge on any atom is -0.391 e. The number of aliphatic hydroxyl groups excluding tert-OH is 1. The van der Waals surface area contributed by atoms with Gasteiger partial charge in [-0.25, -0.2) is 0 Å². The summed E-state index contributed by atoms with van der Waals surface area (Å²) < 4.78 is 0. The van der Waals surface area contributed by atoms with Crippen LogP contribution in [0.15, 0.2) is 0 Å². The van der Waals surface area contributed by atoms with Gasteiger partial charge in [-0.15, -0.1) is 24.2 Å². The molecule has 0 radical (unpaired) electrons. The summed E-state index contributed by atoms with van der Waals surface area (Å²) in [6, 6.07) is -0.0841. The van der Waals surface area contributed by atoms with Crippen LogP contribution in [0.4, 0.5) is 0 Å². The van der Waals surface area contributed by atoms with Crippen LogP contribution < -0.4 is 10.6 Å². The van der Waals surface area contributed by atoms with Crippen LogP contribution in [0.5, 0.6) is 0 Å². The lowest BCUT2D eigenvalue weighted by atomic mass is 10.0. The van der Waals surface area contributed by atoms with Crippen molar-refractivity contribution in [2.75, 3.05) is 18.2 Å². The Kier molecular flexibility index (Phi) is 8.18. The normalized spacial score (nSPS) is 23.3. The van der Waals surface area contributed by atoms with Crippen LogP contribution in [-0.4, -0.2) is 41.3 Å². The number of halogens is 1. The van der Waals surface area contributed by atoms with Gasteiger partial charge in [-0.3, -0.25) is 10.1 Å². The molecule has 3 unspecified atom stereocenters. The van der Waals surface area contributed by atoms with E-state index in [1.54, 1.807) is 11.8 Å². The van der Waals surface area contributed by atoms with E-state index in [1.807, 2.05) is 13.8 Å². The second-order valence-electron chi connectivity index (χ2n) is 3.97. The van der Waals surface area contributed by atoms with Gasteiger partial charge in [0.1, 0.15) is 0 Å². The fraction of sp³-hybridized carbons (Fsp3) is 0.900. The summed E-state index contributed by atoms with van der Waals surface area (Å²) in [5.74, 6) is 1.90. The maximum Gasteiger partial charge on any atom is 0.238 e. The number of aliphatic hydroxyl groups is 1. The van der Waals surface area contributed by atoms with Crippen molar-refractivity contribution in [3.8, 4) is 0 Å². The Bertz CT molecular complexity index is 213. The second kappa shape index (κ2) is 8.17. The first kappa shape index (κ1) is 16.0. The van der Waals surface area contributed by atoms with Crippen LogP contribution in [-0.2, 0) is 4.79 Å². The van der Waals surface area contributed by atoms with E-state index in [-0.39, 0.29) is 30.3 Å². The average molecular weight is 269 g/mol. The van der Waals surface area contributed by atoms with Gasteiger partial charge in [-0.1, -0.05) is 20.3 Å². The van der Waals surface area contributed by atoms with E-state index in [1.165, 1.54) is 0 Å². The SMILES string of the molecule is CCC(C)C(O)CNC(=O)C1CSCN1.Cl. The lowest BCUT2D eigenvalue weighted by Crippen LogP contribution is -2.45. The highest BCUT2D eigenvalue weighted by molar-refractivity contribution is 7.99. The number of nitrogens with one attached hydrogen (secondary N) is 2. The van der Waals surface area contributed by atoms with E-state index in [4.69, 9.17) is 0 Å². The van der Waals surface area contributed by atoms with Gasteiger partial charge in [-0.2, -0.15) is 0 Å². The van der Waals surface area contributed by atoms with Gasteiger partial charge < -0.3 is 10.4 Å². The molecule has 0 aromatic carbocycles. The standard InChI is InChI=1S/C10H20N2O2S.ClH/c1-3-7(2)9(13)4-11-10(14)8-5-15-6-12-8;/h7-9,12-13H,3-6H2,1-2H3,(H,11,14);1H. The minimum atomic E-state index is -0.437. The maximum atomic E-state index is 11.6. The molecule has 4 nitrogen and oxygen atoms in total. The van der Waals surface area contributed by atoms with Crippen molar-refractivity contribution in [3.05, 3.63) is 0 Å². The molecule has 1 aliphatic rings. The molecular weight excluding hydrogens is 248 g/mol. The zero-order valence-corrected chi connectivity index (χ0v) is 11.4.